The highest BCUT2D eigenvalue weighted by atomic mass is 32.2. The van der Waals surface area contributed by atoms with Gasteiger partial charge in [-0.3, -0.25) is 9.59 Å². The topological polar surface area (TPSA) is 83.6 Å². The maximum Gasteiger partial charge on any atom is 0.255 e. The first-order valence-corrected chi connectivity index (χ1v) is 8.60. The number of sulfonamides is 1. The number of rotatable bonds is 3. The molecule has 3 rings (SSSR count). The fourth-order valence-electron chi connectivity index (χ4n) is 2.34. The smallest absolute Gasteiger partial charge is 0.255 e. The monoisotopic (exact) mass is 330 g/mol. The third kappa shape index (κ3) is 3.09. The Morgan fingerprint density at radius 1 is 1.00 bits per heavy atom. The molecule has 23 heavy (non-hydrogen) atoms. The van der Waals surface area contributed by atoms with Crippen molar-refractivity contribution >= 4 is 33.2 Å². The van der Waals surface area contributed by atoms with Gasteiger partial charge in [-0.15, -0.1) is 0 Å². The van der Waals surface area contributed by atoms with E-state index in [9.17, 15) is 18.0 Å². The molecule has 0 radical (unpaired) electrons. The first-order chi connectivity index (χ1) is 11.0. The van der Waals surface area contributed by atoms with E-state index in [1.807, 2.05) is 18.2 Å². The van der Waals surface area contributed by atoms with E-state index in [0.717, 1.165) is 4.31 Å². The van der Waals surface area contributed by atoms with Crippen molar-refractivity contribution in [2.24, 2.45) is 0 Å². The van der Waals surface area contributed by atoms with Crippen LogP contribution in [-0.2, 0) is 14.8 Å². The first-order valence-electron chi connectivity index (χ1n) is 7.00. The number of carbonyl (C=O) groups is 2. The predicted molar refractivity (Wildman–Crippen MR) is 86.7 cm³/mol. The van der Waals surface area contributed by atoms with Crippen molar-refractivity contribution in [1.29, 1.82) is 0 Å². The van der Waals surface area contributed by atoms with Crippen LogP contribution in [0, 0.1) is 0 Å². The van der Waals surface area contributed by atoms with Crippen LogP contribution in [0.15, 0.2) is 54.6 Å². The Hall–Kier alpha value is -2.67. The molecule has 0 spiro atoms. The predicted octanol–water partition coefficient (Wildman–Crippen LogP) is 2.01. The van der Waals surface area contributed by atoms with Crippen LogP contribution in [0.5, 0.6) is 0 Å². The summed E-state index contributed by atoms with van der Waals surface area (Å²) in [6.07, 6.45) is -0.0153. The minimum absolute atomic E-state index is 0.0153. The van der Waals surface area contributed by atoms with Crippen molar-refractivity contribution in [2.75, 3.05) is 15.4 Å². The van der Waals surface area contributed by atoms with E-state index in [0.29, 0.717) is 11.3 Å². The van der Waals surface area contributed by atoms with Crippen LogP contribution < -0.4 is 9.62 Å². The van der Waals surface area contributed by atoms with Gasteiger partial charge in [0.25, 0.3) is 5.91 Å². The average Bonchev–Trinajstić information content (AvgIpc) is 2.82. The van der Waals surface area contributed by atoms with E-state index in [1.54, 1.807) is 12.1 Å². The summed E-state index contributed by atoms with van der Waals surface area (Å²) in [5.74, 6) is -0.938. The van der Waals surface area contributed by atoms with Crippen molar-refractivity contribution < 1.29 is 18.0 Å². The number of hydrogen-bond acceptors (Lipinski definition) is 4. The lowest BCUT2D eigenvalue weighted by Crippen LogP contribution is -2.29. The molecule has 1 aliphatic heterocycles. The normalized spacial score (nSPS) is 16.3. The Morgan fingerprint density at radius 2 is 1.65 bits per heavy atom. The van der Waals surface area contributed by atoms with Gasteiger partial charge in [-0.05, 0) is 36.4 Å². The maximum atomic E-state index is 12.1. The zero-order valence-electron chi connectivity index (χ0n) is 12.1. The Bertz CT molecular complexity index is 845. The molecule has 0 aliphatic carbocycles. The van der Waals surface area contributed by atoms with Crippen LogP contribution in [0.25, 0.3) is 0 Å². The molecule has 1 fully saturated rings. The molecule has 1 saturated heterocycles. The molecular formula is C16H14N2O4S. The molecule has 2 aromatic carbocycles. The maximum absolute atomic E-state index is 12.1. The number of para-hydroxylation sites is 1. The van der Waals surface area contributed by atoms with E-state index in [1.165, 1.54) is 24.3 Å². The fraction of sp³-hybridized carbons (Fsp3) is 0.125. The molecule has 2 aromatic rings. The van der Waals surface area contributed by atoms with Crippen LogP contribution >= 0.6 is 0 Å². The minimum atomic E-state index is -3.59. The molecule has 118 valence electrons. The molecule has 0 saturated carbocycles. The van der Waals surface area contributed by atoms with Gasteiger partial charge in [0.1, 0.15) is 0 Å². The van der Waals surface area contributed by atoms with Gasteiger partial charge in [0.15, 0.2) is 0 Å². The number of benzene rings is 2. The molecule has 0 atom stereocenters. The molecule has 1 N–H and O–H groups in total. The lowest BCUT2D eigenvalue weighted by Gasteiger charge is -2.15. The lowest BCUT2D eigenvalue weighted by molar-refractivity contribution is -0.116. The summed E-state index contributed by atoms with van der Waals surface area (Å²) in [5, 5.41) is 2.73. The highest BCUT2D eigenvalue weighted by molar-refractivity contribution is 7.94. The van der Waals surface area contributed by atoms with Gasteiger partial charge in [-0.2, -0.15) is 0 Å². The van der Waals surface area contributed by atoms with Crippen LogP contribution in [0.3, 0.4) is 0 Å². The van der Waals surface area contributed by atoms with Crippen molar-refractivity contribution in [3.05, 3.63) is 60.2 Å². The van der Waals surface area contributed by atoms with E-state index >= 15 is 0 Å². The lowest BCUT2D eigenvalue weighted by atomic mass is 10.2. The fourth-order valence-corrected chi connectivity index (χ4v) is 3.80. The number of hydrogen-bond donors (Lipinski definition) is 1. The summed E-state index contributed by atoms with van der Waals surface area (Å²) in [4.78, 5) is 23.8. The third-order valence-electron chi connectivity index (χ3n) is 3.47. The first kappa shape index (κ1) is 15.2. The van der Waals surface area contributed by atoms with E-state index in [4.69, 9.17) is 0 Å². The molecule has 0 aromatic heterocycles. The average molecular weight is 330 g/mol. The van der Waals surface area contributed by atoms with Crippen LogP contribution in [0.4, 0.5) is 11.4 Å². The third-order valence-corrected chi connectivity index (χ3v) is 5.17. The molecule has 1 heterocycles. The Morgan fingerprint density at radius 3 is 2.22 bits per heavy atom. The highest BCUT2D eigenvalue weighted by Gasteiger charge is 2.36. The Balaban J connectivity index is 1.80. The number of amides is 2. The van der Waals surface area contributed by atoms with E-state index in [-0.39, 0.29) is 23.8 Å². The van der Waals surface area contributed by atoms with Crippen LogP contribution in [0.1, 0.15) is 16.8 Å². The number of nitrogens with zero attached hydrogens (tertiary/aromatic N) is 1. The molecule has 7 heteroatoms. The number of carbonyl (C=O) groups excluding carboxylic acids is 2. The summed E-state index contributed by atoms with van der Waals surface area (Å²) in [6.45, 7) is 0. The molecule has 0 unspecified atom stereocenters. The largest absolute Gasteiger partial charge is 0.322 e. The zero-order chi connectivity index (χ0) is 16.4. The van der Waals surface area contributed by atoms with Gasteiger partial charge in [-0.25, -0.2) is 12.7 Å². The SMILES string of the molecule is O=C(Nc1ccccc1)c1ccc(N2C(=O)CCS2(=O)=O)cc1. The Kier molecular flexibility index (Phi) is 3.87. The van der Waals surface area contributed by atoms with Gasteiger partial charge >= 0.3 is 0 Å². The number of nitrogens with one attached hydrogen (secondary N) is 1. The summed E-state index contributed by atoms with van der Waals surface area (Å²) in [7, 11) is -3.59. The van der Waals surface area contributed by atoms with E-state index < -0.39 is 15.9 Å². The second-order valence-electron chi connectivity index (χ2n) is 5.09. The van der Waals surface area contributed by atoms with Gasteiger partial charge < -0.3 is 5.32 Å². The van der Waals surface area contributed by atoms with Crippen LogP contribution in [0.2, 0.25) is 0 Å². The van der Waals surface area contributed by atoms with Gasteiger partial charge in [0, 0.05) is 17.7 Å². The zero-order valence-corrected chi connectivity index (χ0v) is 12.9. The van der Waals surface area contributed by atoms with Crippen molar-refractivity contribution in [2.45, 2.75) is 6.42 Å². The van der Waals surface area contributed by atoms with E-state index in [2.05, 4.69) is 5.32 Å². The molecule has 6 nitrogen and oxygen atoms in total. The van der Waals surface area contributed by atoms with Crippen molar-refractivity contribution in [3.8, 4) is 0 Å². The second kappa shape index (κ2) is 5.85. The van der Waals surface area contributed by atoms with Crippen molar-refractivity contribution in [3.63, 3.8) is 0 Å². The summed E-state index contributed by atoms with van der Waals surface area (Å²) in [5.41, 5.74) is 1.30. The highest BCUT2D eigenvalue weighted by Crippen LogP contribution is 2.25. The second-order valence-corrected chi connectivity index (χ2v) is 7.03. The van der Waals surface area contributed by atoms with Crippen molar-refractivity contribution in [1.82, 2.24) is 0 Å². The standard InChI is InChI=1S/C16H14N2O4S/c19-15-10-11-23(21,22)18(15)14-8-6-12(7-9-14)16(20)17-13-4-2-1-3-5-13/h1-9H,10-11H2,(H,17,20). The van der Waals surface area contributed by atoms with Gasteiger partial charge in [-0.1, -0.05) is 18.2 Å². The van der Waals surface area contributed by atoms with Crippen LogP contribution in [-0.4, -0.2) is 26.0 Å². The molecular weight excluding hydrogens is 316 g/mol. The summed E-state index contributed by atoms with van der Waals surface area (Å²) in [6, 6.07) is 14.9. The Labute approximate surface area is 133 Å². The molecule has 1 aliphatic rings. The number of anilines is 2. The quantitative estimate of drug-likeness (QED) is 0.933. The molecule has 0 bridgehead atoms. The molecule has 2 amide bonds. The van der Waals surface area contributed by atoms with Gasteiger partial charge in [0.2, 0.25) is 15.9 Å². The summed E-state index contributed by atoms with van der Waals surface area (Å²) < 4.78 is 24.5. The minimum Gasteiger partial charge on any atom is -0.322 e. The summed E-state index contributed by atoms with van der Waals surface area (Å²) >= 11 is 0. The van der Waals surface area contributed by atoms with Gasteiger partial charge in [0.05, 0.1) is 11.4 Å².